The third-order valence-electron chi connectivity index (χ3n) is 4.67. The van der Waals surface area contributed by atoms with Crippen molar-refractivity contribution in [3.8, 4) is 5.75 Å². The van der Waals surface area contributed by atoms with Crippen molar-refractivity contribution in [2.75, 3.05) is 20.2 Å². The minimum Gasteiger partial charge on any atom is -0.496 e. The number of benzene rings is 2. The zero-order valence-electron chi connectivity index (χ0n) is 14.4. The Hall–Kier alpha value is -2.89. The molecule has 0 saturated carbocycles. The van der Waals surface area contributed by atoms with Crippen LogP contribution in [0.2, 0.25) is 0 Å². The van der Waals surface area contributed by atoms with Gasteiger partial charge in [0.2, 0.25) is 0 Å². The third-order valence-corrected chi connectivity index (χ3v) is 4.67. The Morgan fingerprint density at radius 1 is 1.27 bits per heavy atom. The third kappa shape index (κ3) is 3.85. The van der Waals surface area contributed by atoms with Gasteiger partial charge in [-0.1, -0.05) is 12.1 Å². The van der Waals surface area contributed by atoms with Gasteiger partial charge in [0.05, 0.1) is 18.2 Å². The van der Waals surface area contributed by atoms with Crippen molar-refractivity contribution < 1.29 is 23.8 Å². The van der Waals surface area contributed by atoms with E-state index in [1.54, 1.807) is 23.1 Å². The highest BCUT2D eigenvalue weighted by molar-refractivity contribution is 5.97. The molecule has 26 heavy (non-hydrogen) atoms. The first kappa shape index (κ1) is 17.9. The lowest BCUT2D eigenvalue weighted by Crippen LogP contribution is -2.29. The molecule has 2 aromatic rings. The number of amides is 1. The van der Waals surface area contributed by atoms with Gasteiger partial charge < -0.3 is 14.7 Å². The van der Waals surface area contributed by atoms with E-state index in [1.807, 2.05) is 6.07 Å². The van der Waals surface area contributed by atoms with Crippen molar-refractivity contribution in [3.63, 3.8) is 0 Å². The molecule has 0 radical (unpaired) electrons. The maximum Gasteiger partial charge on any atom is 0.335 e. The summed E-state index contributed by atoms with van der Waals surface area (Å²) >= 11 is 0. The number of nitrogens with zero attached hydrogens (tertiary/aromatic N) is 1. The number of ether oxygens (including phenoxy) is 1. The van der Waals surface area contributed by atoms with E-state index in [4.69, 9.17) is 9.84 Å². The predicted octanol–water partition coefficient (Wildman–Crippen LogP) is 3.24. The molecule has 1 N–H and O–H groups in total. The van der Waals surface area contributed by atoms with Gasteiger partial charge >= 0.3 is 5.97 Å². The number of halogens is 1. The van der Waals surface area contributed by atoms with Gasteiger partial charge in [0, 0.05) is 19.2 Å². The average Bonchev–Trinajstić information content (AvgIpc) is 3.09. The lowest BCUT2D eigenvalue weighted by Gasteiger charge is -2.18. The number of rotatable bonds is 5. The van der Waals surface area contributed by atoms with Crippen LogP contribution in [0, 0.1) is 11.7 Å². The summed E-state index contributed by atoms with van der Waals surface area (Å²) in [6.07, 6.45) is 1.55. The van der Waals surface area contributed by atoms with Crippen molar-refractivity contribution in [1.82, 2.24) is 4.90 Å². The largest absolute Gasteiger partial charge is 0.496 e. The van der Waals surface area contributed by atoms with Crippen molar-refractivity contribution in [1.29, 1.82) is 0 Å². The summed E-state index contributed by atoms with van der Waals surface area (Å²) < 4.78 is 18.4. The van der Waals surface area contributed by atoms with Crippen LogP contribution in [-0.2, 0) is 6.42 Å². The van der Waals surface area contributed by atoms with Gasteiger partial charge in [-0.3, -0.25) is 4.79 Å². The number of carbonyl (C=O) groups excluding carboxylic acids is 1. The van der Waals surface area contributed by atoms with E-state index in [2.05, 4.69) is 0 Å². The molecule has 0 aromatic heterocycles. The van der Waals surface area contributed by atoms with Crippen molar-refractivity contribution in [3.05, 3.63) is 65.0 Å². The Balaban J connectivity index is 1.68. The number of hydrogen-bond donors (Lipinski definition) is 1. The molecule has 0 spiro atoms. The second-order valence-corrected chi connectivity index (χ2v) is 6.46. The highest BCUT2D eigenvalue weighted by Crippen LogP contribution is 2.26. The summed E-state index contributed by atoms with van der Waals surface area (Å²) in [6, 6.07) is 10.8. The normalized spacial score (nSPS) is 16.5. The molecule has 6 heteroatoms. The molecule has 0 bridgehead atoms. The van der Waals surface area contributed by atoms with Gasteiger partial charge in [0.15, 0.2) is 0 Å². The molecular formula is C20H20FNO4. The van der Waals surface area contributed by atoms with Crippen LogP contribution in [0.15, 0.2) is 42.5 Å². The topological polar surface area (TPSA) is 66.8 Å². The maximum atomic E-state index is 13.3. The number of likely N-dealkylation sites (tertiary alicyclic amines) is 1. The highest BCUT2D eigenvalue weighted by atomic mass is 19.1. The van der Waals surface area contributed by atoms with E-state index in [1.165, 1.54) is 25.3 Å². The number of carboxylic acids is 1. The summed E-state index contributed by atoms with van der Waals surface area (Å²) in [7, 11) is 1.41. The van der Waals surface area contributed by atoms with Crippen molar-refractivity contribution in [2.45, 2.75) is 12.8 Å². The minimum absolute atomic E-state index is 0.177. The first-order valence-corrected chi connectivity index (χ1v) is 8.43. The quantitative estimate of drug-likeness (QED) is 0.892. The van der Waals surface area contributed by atoms with Crippen LogP contribution >= 0.6 is 0 Å². The maximum absolute atomic E-state index is 13.3. The fourth-order valence-corrected chi connectivity index (χ4v) is 3.36. The number of hydrogen-bond acceptors (Lipinski definition) is 3. The predicted molar refractivity (Wildman–Crippen MR) is 94.1 cm³/mol. The van der Waals surface area contributed by atoms with Crippen LogP contribution in [0.5, 0.6) is 5.75 Å². The molecule has 3 rings (SSSR count). The van der Waals surface area contributed by atoms with Gasteiger partial charge in [-0.2, -0.15) is 0 Å². The zero-order valence-corrected chi connectivity index (χ0v) is 14.4. The summed E-state index contributed by atoms with van der Waals surface area (Å²) in [4.78, 5) is 25.5. The first-order chi connectivity index (χ1) is 12.5. The first-order valence-electron chi connectivity index (χ1n) is 8.43. The minimum atomic E-state index is -0.946. The van der Waals surface area contributed by atoms with E-state index in [0.29, 0.717) is 25.1 Å². The molecule has 1 fully saturated rings. The summed E-state index contributed by atoms with van der Waals surface area (Å²) in [5.74, 6) is -1.08. The standard InChI is InChI=1S/C20H20FNO4/c1-26-18-11-16(21)5-6-17(18)19(23)22-8-7-14(12-22)9-13-3-2-4-15(10-13)20(24)25/h2-6,10-11,14H,7-9,12H2,1H3,(H,24,25). The lowest BCUT2D eigenvalue weighted by atomic mass is 9.97. The van der Waals surface area contributed by atoms with Crippen molar-refractivity contribution >= 4 is 11.9 Å². The lowest BCUT2D eigenvalue weighted by molar-refractivity contribution is 0.0696. The second kappa shape index (κ2) is 7.56. The zero-order chi connectivity index (χ0) is 18.7. The fourth-order valence-electron chi connectivity index (χ4n) is 3.36. The molecule has 1 unspecified atom stereocenters. The Bertz CT molecular complexity index is 836. The van der Waals surface area contributed by atoms with Gasteiger partial charge in [-0.05, 0) is 48.6 Å². The van der Waals surface area contributed by atoms with Crippen LogP contribution < -0.4 is 4.74 Å². The fraction of sp³-hybridized carbons (Fsp3) is 0.300. The molecular weight excluding hydrogens is 337 g/mol. The van der Waals surface area contributed by atoms with Crippen LogP contribution in [0.4, 0.5) is 4.39 Å². The van der Waals surface area contributed by atoms with E-state index >= 15 is 0 Å². The van der Waals surface area contributed by atoms with Gasteiger partial charge in [0.1, 0.15) is 11.6 Å². The Labute approximate surface area is 151 Å². The molecule has 5 nitrogen and oxygen atoms in total. The van der Waals surface area contributed by atoms with Crippen molar-refractivity contribution in [2.24, 2.45) is 5.92 Å². The van der Waals surface area contributed by atoms with Crippen LogP contribution in [-0.4, -0.2) is 42.1 Å². The summed E-state index contributed by atoms with van der Waals surface area (Å²) in [5.41, 5.74) is 1.57. The van der Waals surface area contributed by atoms with Gasteiger partial charge in [-0.15, -0.1) is 0 Å². The Morgan fingerprint density at radius 3 is 2.81 bits per heavy atom. The number of aromatic carboxylic acids is 1. The summed E-state index contributed by atoms with van der Waals surface area (Å²) in [5, 5.41) is 9.09. The average molecular weight is 357 g/mol. The molecule has 1 amide bonds. The number of carboxylic acid groups (broad SMARTS) is 1. The molecule has 1 heterocycles. The van der Waals surface area contributed by atoms with Crippen LogP contribution in [0.1, 0.15) is 32.7 Å². The Kier molecular flexibility index (Phi) is 5.21. The van der Waals surface area contributed by atoms with E-state index < -0.39 is 11.8 Å². The van der Waals surface area contributed by atoms with Gasteiger partial charge in [-0.25, -0.2) is 9.18 Å². The molecule has 1 aliphatic rings. The molecule has 0 aliphatic carbocycles. The monoisotopic (exact) mass is 357 g/mol. The molecule has 1 atom stereocenters. The van der Waals surface area contributed by atoms with Crippen LogP contribution in [0.25, 0.3) is 0 Å². The SMILES string of the molecule is COc1cc(F)ccc1C(=O)N1CCC(Cc2cccc(C(=O)O)c2)C1. The Morgan fingerprint density at radius 2 is 2.08 bits per heavy atom. The van der Waals surface area contributed by atoms with E-state index in [9.17, 15) is 14.0 Å². The highest BCUT2D eigenvalue weighted by Gasteiger charge is 2.28. The number of carbonyl (C=O) groups is 2. The van der Waals surface area contributed by atoms with E-state index in [-0.39, 0.29) is 23.1 Å². The molecule has 136 valence electrons. The van der Waals surface area contributed by atoms with Crippen LogP contribution in [0.3, 0.4) is 0 Å². The number of methoxy groups -OCH3 is 1. The van der Waals surface area contributed by atoms with Gasteiger partial charge in [0.25, 0.3) is 5.91 Å². The van der Waals surface area contributed by atoms with E-state index in [0.717, 1.165) is 12.0 Å². The molecule has 1 aliphatic heterocycles. The second-order valence-electron chi connectivity index (χ2n) is 6.46. The molecule has 1 saturated heterocycles. The molecule has 2 aromatic carbocycles. The smallest absolute Gasteiger partial charge is 0.335 e. The summed E-state index contributed by atoms with van der Waals surface area (Å²) in [6.45, 7) is 1.19.